The highest BCUT2D eigenvalue weighted by molar-refractivity contribution is 5.66. The van der Waals surface area contributed by atoms with Gasteiger partial charge in [0.25, 0.3) is 0 Å². The third-order valence-corrected chi connectivity index (χ3v) is 2.73. The van der Waals surface area contributed by atoms with Crippen LogP contribution in [0.25, 0.3) is 11.4 Å². The lowest BCUT2D eigenvalue weighted by molar-refractivity contribution is -0.137. The Morgan fingerprint density at radius 3 is 2.74 bits per heavy atom. The predicted molar refractivity (Wildman–Crippen MR) is 67.2 cm³/mol. The number of carboxylic acids is 1. The van der Waals surface area contributed by atoms with E-state index >= 15 is 0 Å². The Kier molecular flexibility index (Phi) is 4.54. The molecule has 0 unspecified atom stereocenters. The second kappa shape index (κ2) is 6.58. The van der Waals surface area contributed by atoms with E-state index in [1.54, 1.807) is 17.1 Å². The highest BCUT2D eigenvalue weighted by atomic mass is 16.4. The van der Waals surface area contributed by atoms with Gasteiger partial charge < -0.3 is 5.11 Å². The van der Waals surface area contributed by atoms with Crippen LogP contribution in [0.3, 0.4) is 0 Å². The van der Waals surface area contributed by atoms with Gasteiger partial charge in [-0.15, -0.1) is 5.10 Å². The number of hydrogen-bond acceptors (Lipinski definition) is 5. The summed E-state index contributed by atoms with van der Waals surface area (Å²) in [4.78, 5) is 14.3. The van der Waals surface area contributed by atoms with Gasteiger partial charge in [-0.25, -0.2) is 4.68 Å². The summed E-state index contributed by atoms with van der Waals surface area (Å²) in [5, 5.41) is 20.2. The molecule has 0 radical (unpaired) electrons. The number of aliphatic carboxylic acids is 1. The van der Waals surface area contributed by atoms with Gasteiger partial charge in [-0.2, -0.15) is 0 Å². The molecule has 0 amide bonds. The van der Waals surface area contributed by atoms with E-state index in [1.165, 1.54) is 0 Å². The zero-order valence-corrected chi connectivity index (χ0v) is 10.4. The smallest absolute Gasteiger partial charge is 0.303 e. The van der Waals surface area contributed by atoms with E-state index in [0.29, 0.717) is 18.8 Å². The molecule has 0 fully saturated rings. The van der Waals surface area contributed by atoms with Gasteiger partial charge in [0, 0.05) is 30.9 Å². The molecule has 1 N–H and O–H groups in total. The molecule has 0 bridgehead atoms. The van der Waals surface area contributed by atoms with Gasteiger partial charge in [0.05, 0.1) is 0 Å². The summed E-state index contributed by atoms with van der Waals surface area (Å²) in [6.45, 7) is 0.685. The number of aryl methyl sites for hydroxylation is 1. The molecule has 7 nitrogen and oxygen atoms in total. The number of nitrogens with zero attached hydrogens (tertiary/aromatic N) is 5. The SMILES string of the molecule is O=C(O)CCCCCn1nnnc1-c1ccncc1. The number of carboxylic acid groups (broad SMARTS) is 1. The maximum absolute atomic E-state index is 10.4. The molecule has 0 aliphatic heterocycles. The van der Waals surface area contributed by atoms with Gasteiger partial charge in [0.2, 0.25) is 0 Å². The van der Waals surface area contributed by atoms with Crippen LogP contribution in [0.1, 0.15) is 25.7 Å². The van der Waals surface area contributed by atoms with Crippen molar-refractivity contribution < 1.29 is 9.90 Å². The molecule has 100 valence electrons. The maximum atomic E-state index is 10.4. The maximum Gasteiger partial charge on any atom is 0.303 e. The molecule has 0 atom stereocenters. The number of hydrogen-bond donors (Lipinski definition) is 1. The van der Waals surface area contributed by atoms with Crippen molar-refractivity contribution in [2.45, 2.75) is 32.2 Å². The molecule has 2 aromatic heterocycles. The number of unbranched alkanes of at least 4 members (excludes halogenated alkanes) is 2. The first-order valence-corrected chi connectivity index (χ1v) is 6.16. The average Bonchev–Trinajstić information content (AvgIpc) is 2.87. The molecule has 0 saturated heterocycles. The summed E-state index contributed by atoms with van der Waals surface area (Å²) in [6.07, 6.45) is 6.00. The van der Waals surface area contributed by atoms with Gasteiger partial charge in [-0.05, 0) is 35.4 Å². The minimum atomic E-state index is -0.750. The first kappa shape index (κ1) is 13.1. The molecule has 0 aliphatic rings. The predicted octanol–water partition coefficient (Wildman–Crippen LogP) is 1.38. The van der Waals surface area contributed by atoms with Crippen molar-refractivity contribution in [2.75, 3.05) is 0 Å². The van der Waals surface area contributed by atoms with E-state index < -0.39 is 5.97 Å². The summed E-state index contributed by atoms with van der Waals surface area (Å²) in [7, 11) is 0. The fraction of sp³-hybridized carbons (Fsp3) is 0.417. The average molecular weight is 261 g/mol. The third-order valence-electron chi connectivity index (χ3n) is 2.73. The Morgan fingerprint density at radius 2 is 2.00 bits per heavy atom. The molecule has 0 saturated carbocycles. The number of tetrazole rings is 1. The zero-order chi connectivity index (χ0) is 13.5. The Hall–Kier alpha value is -2.31. The van der Waals surface area contributed by atoms with E-state index in [9.17, 15) is 4.79 Å². The molecule has 2 aromatic rings. The molecular formula is C12H15N5O2. The first-order valence-electron chi connectivity index (χ1n) is 6.16. The second-order valence-electron chi connectivity index (χ2n) is 4.17. The van der Waals surface area contributed by atoms with Gasteiger partial charge in [0.1, 0.15) is 0 Å². The number of pyridine rings is 1. The second-order valence-corrected chi connectivity index (χ2v) is 4.17. The summed E-state index contributed by atoms with van der Waals surface area (Å²) in [5.41, 5.74) is 0.922. The molecule has 0 spiro atoms. The molecule has 19 heavy (non-hydrogen) atoms. The summed E-state index contributed by atoms with van der Waals surface area (Å²) >= 11 is 0. The molecule has 0 aliphatic carbocycles. The van der Waals surface area contributed by atoms with Gasteiger partial charge in [0.15, 0.2) is 5.82 Å². The van der Waals surface area contributed by atoms with Crippen molar-refractivity contribution in [1.82, 2.24) is 25.2 Å². The fourth-order valence-electron chi connectivity index (χ4n) is 1.78. The quantitative estimate of drug-likeness (QED) is 0.757. The van der Waals surface area contributed by atoms with Crippen molar-refractivity contribution in [1.29, 1.82) is 0 Å². The summed E-state index contributed by atoms with van der Waals surface area (Å²) in [6, 6.07) is 3.71. The summed E-state index contributed by atoms with van der Waals surface area (Å²) in [5.74, 6) is -0.0412. The Labute approximate surface area is 110 Å². The van der Waals surface area contributed by atoms with E-state index in [2.05, 4.69) is 20.5 Å². The molecule has 2 rings (SSSR count). The molecule has 0 aromatic carbocycles. The minimum Gasteiger partial charge on any atom is -0.481 e. The Bertz CT molecular complexity index is 526. The lowest BCUT2D eigenvalue weighted by Gasteiger charge is -2.03. The standard InChI is InChI=1S/C12H15N5O2/c18-11(19)4-2-1-3-9-17-12(14-15-16-17)10-5-7-13-8-6-10/h5-8H,1-4,9H2,(H,18,19). The normalized spacial score (nSPS) is 10.5. The lowest BCUT2D eigenvalue weighted by atomic mass is 10.2. The molecule has 2 heterocycles. The highest BCUT2D eigenvalue weighted by Crippen LogP contribution is 2.14. The van der Waals surface area contributed by atoms with E-state index in [-0.39, 0.29) is 6.42 Å². The van der Waals surface area contributed by atoms with Crippen LogP contribution >= 0.6 is 0 Å². The van der Waals surface area contributed by atoms with Crippen LogP contribution in [-0.4, -0.2) is 36.3 Å². The minimum absolute atomic E-state index is 0.215. The topological polar surface area (TPSA) is 93.8 Å². The van der Waals surface area contributed by atoms with E-state index in [1.807, 2.05) is 12.1 Å². The van der Waals surface area contributed by atoms with Crippen molar-refractivity contribution in [3.8, 4) is 11.4 Å². The first-order chi connectivity index (χ1) is 9.27. The van der Waals surface area contributed by atoms with Crippen molar-refractivity contribution in [2.24, 2.45) is 0 Å². The number of carbonyl (C=O) groups is 1. The Balaban J connectivity index is 1.88. The monoisotopic (exact) mass is 261 g/mol. The zero-order valence-electron chi connectivity index (χ0n) is 10.4. The summed E-state index contributed by atoms with van der Waals surface area (Å²) < 4.78 is 1.73. The highest BCUT2D eigenvalue weighted by Gasteiger charge is 2.08. The molecular weight excluding hydrogens is 246 g/mol. The van der Waals surface area contributed by atoms with Gasteiger partial charge in [-0.1, -0.05) is 6.42 Å². The molecule has 7 heteroatoms. The third kappa shape index (κ3) is 3.84. The van der Waals surface area contributed by atoms with Crippen LogP contribution in [-0.2, 0) is 11.3 Å². The van der Waals surface area contributed by atoms with Crippen molar-refractivity contribution >= 4 is 5.97 Å². The van der Waals surface area contributed by atoms with Crippen molar-refractivity contribution in [3.05, 3.63) is 24.5 Å². The number of rotatable bonds is 7. The number of aromatic nitrogens is 5. The van der Waals surface area contributed by atoms with Crippen LogP contribution in [0.15, 0.2) is 24.5 Å². The lowest BCUT2D eigenvalue weighted by Crippen LogP contribution is -2.03. The van der Waals surface area contributed by atoms with Crippen LogP contribution in [0.4, 0.5) is 0 Å². The van der Waals surface area contributed by atoms with Crippen LogP contribution < -0.4 is 0 Å². The van der Waals surface area contributed by atoms with Gasteiger partial charge >= 0.3 is 5.97 Å². The van der Waals surface area contributed by atoms with Crippen LogP contribution in [0, 0.1) is 0 Å². The van der Waals surface area contributed by atoms with E-state index in [4.69, 9.17) is 5.11 Å². The Morgan fingerprint density at radius 1 is 1.21 bits per heavy atom. The van der Waals surface area contributed by atoms with Crippen LogP contribution in [0.2, 0.25) is 0 Å². The van der Waals surface area contributed by atoms with Gasteiger partial charge in [-0.3, -0.25) is 9.78 Å². The van der Waals surface area contributed by atoms with Crippen molar-refractivity contribution in [3.63, 3.8) is 0 Å². The largest absolute Gasteiger partial charge is 0.481 e. The van der Waals surface area contributed by atoms with Crippen LogP contribution in [0.5, 0.6) is 0 Å². The van der Waals surface area contributed by atoms with E-state index in [0.717, 1.165) is 18.4 Å². The fourth-order valence-corrected chi connectivity index (χ4v) is 1.78.